The Hall–Kier alpha value is -4.10. The van der Waals surface area contributed by atoms with Crippen molar-refractivity contribution in [1.29, 1.82) is 0 Å². The molecule has 0 radical (unpaired) electrons. The third-order valence-electron chi connectivity index (χ3n) is 6.74. The van der Waals surface area contributed by atoms with Gasteiger partial charge >= 0.3 is 0 Å². The van der Waals surface area contributed by atoms with Crippen molar-refractivity contribution in [3.63, 3.8) is 0 Å². The van der Waals surface area contributed by atoms with Crippen LogP contribution >= 0.6 is 0 Å². The average molecular weight is 570 g/mol. The first kappa shape index (κ1) is 28.9. The van der Waals surface area contributed by atoms with Crippen molar-refractivity contribution in [3.8, 4) is 5.75 Å². The summed E-state index contributed by atoms with van der Waals surface area (Å²) >= 11 is 0. The van der Waals surface area contributed by atoms with Crippen LogP contribution in [-0.4, -0.2) is 64.3 Å². The Bertz CT molecular complexity index is 1510. The van der Waals surface area contributed by atoms with E-state index in [1.807, 2.05) is 47.0 Å². The number of likely N-dealkylation sites (N-methyl/N-ethyl adjacent to an activating group) is 1. The lowest BCUT2D eigenvalue weighted by molar-refractivity contribution is -0.103. The molecule has 0 saturated heterocycles. The summed E-state index contributed by atoms with van der Waals surface area (Å²) in [5, 5.41) is 4.67. The van der Waals surface area contributed by atoms with Crippen LogP contribution in [0.25, 0.3) is 0 Å². The van der Waals surface area contributed by atoms with Crippen molar-refractivity contribution in [2.45, 2.75) is 39.2 Å². The molecule has 2 heterocycles. The van der Waals surface area contributed by atoms with Crippen LogP contribution in [0.1, 0.15) is 42.3 Å². The maximum Gasteiger partial charge on any atom is 0.255 e. The predicted molar refractivity (Wildman–Crippen MR) is 156 cm³/mol. The minimum atomic E-state index is -3.60. The van der Waals surface area contributed by atoms with E-state index in [1.165, 1.54) is 7.11 Å². The number of methoxy groups -OCH3 is 1. The molecule has 13 heteroatoms. The second kappa shape index (κ2) is 10.8. The lowest BCUT2D eigenvalue weighted by Crippen LogP contribution is -2.42. The summed E-state index contributed by atoms with van der Waals surface area (Å²) in [5.74, 6) is 0.198. The van der Waals surface area contributed by atoms with E-state index >= 15 is 0 Å². The fourth-order valence-corrected chi connectivity index (χ4v) is 5.03. The van der Waals surface area contributed by atoms with Crippen LogP contribution < -0.4 is 30.7 Å². The first-order chi connectivity index (χ1) is 18.7. The number of aldehydes is 1. The van der Waals surface area contributed by atoms with Crippen LogP contribution in [0.5, 0.6) is 5.75 Å². The van der Waals surface area contributed by atoms with Crippen molar-refractivity contribution >= 4 is 45.1 Å². The Morgan fingerprint density at radius 3 is 2.50 bits per heavy atom. The molecule has 2 aromatic carbocycles. The van der Waals surface area contributed by atoms with E-state index < -0.39 is 15.9 Å². The standard InChI is InChI=1S/C27H35N7O5S/c1-16-8-9-17(10-22(16)34-14-21(30-32-34)23-13-28-24(15-35)33(23)5)26(36)29-19-11-18(27(2,3)4)12-20(25(19)39-6)31-40(7,37)38/h8-12,14-15,23,30-32H,13H2,1-7H3,(H,29,36). The van der Waals surface area contributed by atoms with Crippen LogP contribution in [0.3, 0.4) is 0 Å². The first-order valence-electron chi connectivity index (χ1n) is 12.6. The summed E-state index contributed by atoms with van der Waals surface area (Å²) < 4.78 is 32.1. The van der Waals surface area contributed by atoms with Crippen molar-refractivity contribution in [1.82, 2.24) is 15.9 Å². The number of nitrogens with zero attached hydrogens (tertiary/aromatic N) is 3. The molecule has 0 aromatic heterocycles. The largest absolute Gasteiger partial charge is 0.492 e. The highest BCUT2D eigenvalue weighted by Crippen LogP contribution is 2.39. The molecule has 0 bridgehead atoms. The molecular weight excluding hydrogens is 534 g/mol. The minimum absolute atomic E-state index is 0.123. The van der Waals surface area contributed by atoms with Gasteiger partial charge in [0.25, 0.3) is 5.91 Å². The van der Waals surface area contributed by atoms with E-state index in [2.05, 4.69) is 26.0 Å². The molecule has 1 amide bonds. The van der Waals surface area contributed by atoms with Crippen molar-refractivity contribution in [3.05, 3.63) is 58.9 Å². The molecule has 0 fully saturated rings. The molecule has 40 heavy (non-hydrogen) atoms. The van der Waals surface area contributed by atoms with Crippen LogP contribution in [0.2, 0.25) is 0 Å². The minimum Gasteiger partial charge on any atom is -0.492 e. The Morgan fingerprint density at radius 1 is 1.20 bits per heavy atom. The monoisotopic (exact) mass is 569 g/mol. The van der Waals surface area contributed by atoms with Gasteiger partial charge < -0.3 is 20.4 Å². The van der Waals surface area contributed by atoms with Crippen molar-refractivity contribution in [2.75, 3.05) is 42.0 Å². The highest BCUT2D eigenvalue weighted by Gasteiger charge is 2.31. The number of sulfonamides is 1. The number of anilines is 3. The molecular formula is C27H35N7O5S. The molecule has 0 saturated carbocycles. The summed E-state index contributed by atoms with van der Waals surface area (Å²) in [4.78, 5) is 30.8. The van der Waals surface area contributed by atoms with Gasteiger partial charge in [0.05, 0.1) is 48.7 Å². The maximum absolute atomic E-state index is 13.5. The molecule has 1 unspecified atom stereocenters. The number of carbonyl (C=O) groups excluding carboxylic acids is 2. The molecule has 0 spiro atoms. The van der Waals surface area contributed by atoms with Gasteiger partial charge in [-0.15, -0.1) is 5.53 Å². The Kier molecular flexibility index (Phi) is 7.81. The highest BCUT2D eigenvalue weighted by atomic mass is 32.2. The van der Waals surface area contributed by atoms with Crippen molar-refractivity contribution < 1.29 is 22.7 Å². The predicted octanol–water partition coefficient (Wildman–Crippen LogP) is 2.51. The van der Waals surface area contributed by atoms with E-state index in [1.54, 1.807) is 34.2 Å². The second-order valence-electron chi connectivity index (χ2n) is 10.8. The van der Waals surface area contributed by atoms with Gasteiger partial charge in [0.1, 0.15) is 0 Å². The van der Waals surface area contributed by atoms with Crippen LogP contribution in [-0.2, 0) is 20.2 Å². The zero-order chi connectivity index (χ0) is 29.4. The van der Waals surface area contributed by atoms with Crippen LogP contribution in [0, 0.1) is 6.92 Å². The average Bonchev–Trinajstić information content (AvgIpc) is 3.49. The second-order valence-corrected chi connectivity index (χ2v) is 12.6. The number of hydrazine groups is 2. The number of amides is 1. The first-order valence-corrected chi connectivity index (χ1v) is 14.5. The molecule has 214 valence electrons. The zero-order valence-electron chi connectivity index (χ0n) is 23.6. The van der Waals surface area contributed by atoms with E-state index in [9.17, 15) is 18.0 Å². The molecule has 0 aliphatic carbocycles. The molecule has 4 rings (SSSR count). The summed E-state index contributed by atoms with van der Waals surface area (Å²) in [6.45, 7) is 8.35. The maximum atomic E-state index is 13.5. The Balaban J connectivity index is 1.63. The summed E-state index contributed by atoms with van der Waals surface area (Å²) in [7, 11) is -0.374. The third kappa shape index (κ3) is 6.05. The van der Waals surface area contributed by atoms with Gasteiger partial charge in [-0.3, -0.25) is 24.3 Å². The quantitative estimate of drug-likeness (QED) is 0.353. The fraction of sp³-hybridized carbons (Fsp3) is 0.370. The number of ether oxygens (including phenoxy) is 1. The lowest BCUT2D eigenvalue weighted by atomic mass is 9.86. The van der Waals surface area contributed by atoms with E-state index in [0.717, 1.165) is 35.1 Å². The number of aliphatic imine (C=N–C) groups is 1. The topological polar surface area (TPSA) is 144 Å². The molecule has 2 aliphatic heterocycles. The molecule has 1 atom stereocenters. The zero-order valence-corrected chi connectivity index (χ0v) is 24.4. The smallest absolute Gasteiger partial charge is 0.255 e. The normalized spacial score (nSPS) is 17.2. The van der Waals surface area contributed by atoms with Crippen LogP contribution in [0.15, 0.2) is 47.2 Å². The number of amidine groups is 1. The highest BCUT2D eigenvalue weighted by molar-refractivity contribution is 7.92. The van der Waals surface area contributed by atoms with Crippen LogP contribution in [0.4, 0.5) is 17.1 Å². The van der Waals surface area contributed by atoms with Gasteiger partial charge in [-0.25, -0.2) is 8.42 Å². The molecule has 12 nitrogen and oxygen atoms in total. The van der Waals surface area contributed by atoms with Gasteiger partial charge in [0.2, 0.25) is 10.0 Å². The van der Waals surface area contributed by atoms with Gasteiger partial charge in [-0.2, -0.15) is 0 Å². The Labute approximate surface area is 234 Å². The number of hydrogen-bond donors (Lipinski definition) is 4. The summed E-state index contributed by atoms with van der Waals surface area (Å²) in [6.07, 6.45) is 3.66. The molecule has 4 N–H and O–H groups in total. The lowest BCUT2D eigenvalue weighted by Gasteiger charge is -2.24. The fourth-order valence-electron chi connectivity index (χ4n) is 4.48. The van der Waals surface area contributed by atoms with E-state index in [-0.39, 0.29) is 22.9 Å². The van der Waals surface area contributed by atoms with Crippen molar-refractivity contribution in [2.24, 2.45) is 4.99 Å². The third-order valence-corrected chi connectivity index (χ3v) is 7.33. The number of nitrogens with one attached hydrogen (secondary N) is 4. The van der Waals surface area contributed by atoms with Gasteiger partial charge in [-0.05, 0) is 47.7 Å². The van der Waals surface area contributed by atoms with E-state index in [4.69, 9.17) is 4.74 Å². The van der Waals surface area contributed by atoms with Gasteiger partial charge in [0, 0.05) is 18.8 Å². The number of rotatable bonds is 8. The summed E-state index contributed by atoms with van der Waals surface area (Å²) in [5.41, 5.74) is 10.1. The van der Waals surface area contributed by atoms with E-state index in [0.29, 0.717) is 23.6 Å². The number of aryl methyl sites for hydroxylation is 1. The summed E-state index contributed by atoms with van der Waals surface area (Å²) in [6, 6.07) is 8.68. The van der Waals surface area contributed by atoms with Gasteiger partial charge in [-0.1, -0.05) is 26.8 Å². The number of hydrogen-bond acceptors (Lipinski definition) is 10. The van der Waals surface area contributed by atoms with Gasteiger partial charge in [0.15, 0.2) is 17.9 Å². The number of carbonyl (C=O) groups is 2. The Morgan fingerprint density at radius 2 is 1.90 bits per heavy atom. The SMILES string of the molecule is COc1c(NC(=O)c2ccc(C)c(N3C=C(C4CN=C(C=O)N4C)NN3)c2)cc(C(C)(C)C)cc1NS(C)(=O)=O. The molecule has 2 aliphatic rings. The molecule has 2 aromatic rings. The number of benzene rings is 2.